The summed E-state index contributed by atoms with van der Waals surface area (Å²) in [5, 5.41) is 2.48. The zero-order valence-electron chi connectivity index (χ0n) is 40.8. The summed E-state index contributed by atoms with van der Waals surface area (Å²) in [7, 11) is 0. The van der Waals surface area contributed by atoms with Crippen LogP contribution in [0.5, 0.6) is 0 Å². The Morgan fingerprint density at radius 1 is 0.203 bits per heavy atom. The van der Waals surface area contributed by atoms with Crippen molar-refractivity contribution in [1.29, 1.82) is 0 Å². The number of hydrogen-bond donors (Lipinski definition) is 0. The van der Waals surface area contributed by atoms with Crippen molar-refractivity contribution in [3.8, 4) is 83.6 Å². The number of hydrogen-bond acceptors (Lipinski definition) is 1. The molecule has 0 radical (unpaired) electrons. The van der Waals surface area contributed by atoms with Gasteiger partial charge in [-0.3, -0.25) is 0 Å². The number of nitrogens with zero attached hydrogens (tertiary/aromatic N) is 2. The van der Waals surface area contributed by atoms with Crippen LogP contribution in [0.15, 0.2) is 303 Å². The molecule has 12 aromatic carbocycles. The second-order valence-electron chi connectivity index (χ2n) is 18.9. The molecule has 0 atom stereocenters. The highest BCUT2D eigenvalue weighted by molar-refractivity contribution is 6.10. The van der Waals surface area contributed by atoms with E-state index in [1.54, 1.807) is 0 Å². The summed E-state index contributed by atoms with van der Waals surface area (Å²) in [4.78, 5) is 2.36. The Hall–Kier alpha value is -9.76. The van der Waals surface area contributed by atoms with E-state index in [1.165, 1.54) is 88.6 Å². The summed E-state index contributed by atoms with van der Waals surface area (Å²) >= 11 is 0. The van der Waals surface area contributed by atoms with E-state index in [1.807, 2.05) is 0 Å². The lowest BCUT2D eigenvalue weighted by Gasteiger charge is -2.26. The molecule has 1 aromatic heterocycles. The van der Waals surface area contributed by atoms with Crippen LogP contribution in [0.2, 0.25) is 0 Å². The van der Waals surface area contributed by atoms with Crippen LogP contribution >= 0.6 is 0 Å². The van der Waals surface area contributed by atoms with Crippen LogP contribution in [-0.2, 0) is 0 Å². The summed E-state index contributed by atoms with van der Waals surface area (Å²) < 4.78 is 2.46. The first-order chi connectivity index (χ1) is 36.7. The van der Waals surface area contributed by atoms with Crippen LogP contribution in [0.4, 0.5) is 17.1 Å². The molecule has 0 fully saturated rings. The first-order valence-corrected chi connectivity index (χ1v) is 25.4. The fourth-order valence-electron chi connectivity index (χ4n) is 10.7. The van der Waals surface area contributed by atoms with Gasteiger partial charge in [0.05, 0.1) is 16.7 Å². The monoisotopic (exact) mass is 942 g/mol. The Morgan fingerprint density at radius 2 is 0.514 bits per heavy atom. The van der Waals surface area contributed by atoms with E-state index in [-0.39, 0.29) is 0 Å². The Balaban J connectivity index is 0.925. The molecule has 0 amide bonds. The van der Waals surface area contributed by atoms with E-state index in [4.69, 9.17) is 0 Å². The third kappa shape index (κ3) is 8.45. The second kappa shape index (κ2) is 19.4. The minimum absolute atomic E-state index is 1.07. The second-order valence-corrected chi connectivity index (χ2v) is 18.9. The molecule has 74 heavy (non-hydrogen) atoms. The molecule has 0 spiro atoms. The smallest absolute Gasteiger partial charge is 0.0546 e. The summed E-state index contributed by atoms with van der Waals surface area (Å²) in [6.07, 6.45) is 0. The molecule has 13 aromatic rings. The highest BCUT2D eigenvalue weighted by atomic mass is 15.1. The lowest BCUT2D eigenvalue weighted by molar-refractivity contribution is 1.18. The fourth-order valence-corrected chi connectivity index (χ4v) is 10.7. The molecule has 0 unspecified atom stereocenters. The predicted octanol–water partition coefficient (Wildman–Crippen LogP) is 19.9. The van der Waals surface area contributed by atoms with Crippen molar-refractivity contribution in [3.05, 3.63) is 303 Å². The van der Waals surface area contributed by atoms with E-state index in [2.05, 4.69) is 313 Å². The van der Waals surface area contributed by atoms with Gasteiger partial charge in [0.25, 0.3) is 0 Å². The van der Waals surface area contributed by atoms with Gasteiger partial charge in [-0.25, -0.2) is 0 Å². The number of aromatic nitrogens is 1. The summed E-state index contributed by atoms with van der Waals surface area (Å²) in [6.45, 7) is 0. The lowest BCUT2D eigenvalue weighted by atomic mass is 9.89. The van der Waals surface area contributed by atoms with Crippen molar-refractivity contribution in [2.45, 2.75) is 0 Å². The highest BCUT2D eigenvalue weighted by Gasteiger charge is 2.20. The molecule has 0 saturated heterocycles. The molecule has 1 heterocycles. The topological polar surface area (TPSA) is 8.17 Å². The molecule has 2 nitrogen and oxygen atoms in total. The first kappa shape index (κ1) is 44.2. The van der Waals surface area contributed by atoms with Crippen LogP contribution in [0, 0.1) is 0 Å². The summed E-state index contributed by atoms with van der Waals surface area (Å²) in [5.74, 6) is 0. The standard InChI is InChI=1S/C72H50N2/c1-5-17-51(18-6-1)54-29-31-55(32-30-54)57-35-43-63(44-36-57)73(62-41-33-56(34-42-62)52-19-7-2-8-20-52)64-45-37-59(38-46-64)69-49-60(53-21-9-3-10-22-53)39-47-65(69)61-40-48-66(58-23-11-4-12-24-58)72(50-61)74-70-27-15-13-25-67(70)68-26-14-16-28-71(68)74/h1-50H. The van der Waals surface area contributed by atoms with Gasteiger partial charge in [0.2, 0.25) is 0 Å². The normalized spacial score (nSPS) is 11.2. The summed E-state index contributed by atoms with van der Waals surface area (Å²) in [6, 6.07) is 110. The van der Waals surface area contributed by atoms with Crippen LogP contribution in [0.25, 0.3) is 105 Å². The van der Waals surface area contributed by atoms with Gasteiger partial charge in [-0.05, 0) is 133 Å². The van der Waals surface area contributed by atoms with Gasteiger partial charge in [0.15, 0.2) is 0 Å². The van der Waals surface area contributed by atoms with Crippen molar-refractivity contribution >= 4 is 38.9 Å². The van der Waals surface area contributed by atoms with Gasteiger partial charge >= 0.3 is 0 Å². The molecule has 348 valence electrons. The SMILES string of the molecule is c1ccc(-c2ccc(-c3ccc(N(c4ccc(-c5ccccc5)cc4)c4ccc(-c5cc(-c6ccccc6)ccc5-c5ccc(-c6ccccc6)c(-n6c7ccccc7c7ccccc76)c5)cc4)cc3)cc2)cc1. The van der Waals surface area contributed by atoms with E-state index in [0.717, 1.165) is 33.9 Å². The highest BCUT2D eigenvalue weighted by Crippen LogP contribution is 2.43. The van der Waals surface area contributed by atoms with Gasteiger partial charge in [0, 0.05) is 33.4 Å². The zero-order valence-corrected chi connectivity index (χ0v) is 40.8. The molecule has 0 saturated carbocycles. The Kier molecular flexibility index (Phi) is 11.6. The van der Waals surface area contributed by atoms with Crippen LogP contribution in [0.3, 0.4) is 0 Å². The molecule has 0 aliphatic rings. The Morgan fingerprint density at radius 3 is 0.973 bits per heavy atom. The number of benzene rings is 12. The first-order valence-electron chi connectivity index (χ1n) is 25.4. The Labute approximate surface area is 433 Å². The van der Waals surface area contributed by atoms with E-state index in [9.17, 15) is 0 Å². The van der Waals surface area contributed by atoms with E-state index >= 15 is 0 Å². The van der Waals surface area contributed by atoms with Gasteiger partial charge in [-0.2, -0.15) is 0 Å². The molecule has 0 aliphatic heterocycles. The largest absolute Gasteiger partial charge is 0.311 e. The van der Waals surface area contributed by atoms with Gasteiger partial charge in [0.1, 0.15) is 0 Å². The maximum Gasteiger partial charge on any atom is 0.0546 e. The molecular formula is C72H50N2. The molecule has 0 N–H and O–H groups in total. The third-order valence-corrected chi connectivity index (χ3v) is 14.5. The fraction of sp³-hybridized carbons (Fsp3) is 0. The summed E-state index contributed by atoms with van der Waals surface area (Å²) in [5.41, 5.74) is 23.3. The van der Waals surface area contributed by atoms with Crippen molar-refractivity contribution in [2.75, 3.05) is 4.90 Å². The maximum atomic E-state index is 2.46. The van der Waals surface area contributed by atoms with Gasteiger partial charge in [-0.1, -0.05) is 243 Å². The average Bonchev–Trinajstić information content (AvgIpc) is 3.83. The number of anilines is 3. The molecule has 13 rings (SSSR count). The van der Waals surface area contributed by atoms with Crippen LogP contribution in [0.1, 0.15) is 0 Å². The van der Waals surface area contributed by atoms with Crippen molar-refractivity contribution in [2.24, 2.45) is 0 Å². The zero-order chi connectivity index (χ0) is 49.2. The molecule has 0 aliphatic carbocycles. The van der Waals surface area contributed by atoms with Gasteiger partial charge < -0.3 is 9.47 Å². The lowest BCUT2D eigenvalue weighted by Crippen LogP contribution is -2.09. The Bertz CT molecular complexity index is 4000. The van der Waals surface area contributed by atoms with Gasteiger partial charge in [-0.15, -0.1) is 0 Å². The number of para-hydroxylation sites is 2. The maximum absolute atomic E-state index is 2.46. The average molecular weight is 943 g/mol. The van der Waals surface area contributed by atoms with Crippen LogP contribution in [-0.4, -0.2) is 4.57 Å². The quantitative estimate of drug-likeness (QED) is 0.125. The molecule has 2 heteroatoms. The molecular weight excluding hydrogens is 893 g/mol. The third-order valence-electron chi connectivity index (χ3n) is 14.5. The molecule has 0 bridgehead atoms. The van der Waals surface area contributed by atoms with Crippen molar-refractivity contribution in [3.63, 3.8) is 0 Å². The minimum Gasteiger partial charge on any atom is -0.311 e. The van der Waals surface area contributed by atoms with E-state index in [0.29, 0.717) is 0 Å². The predicted molar refractivity (Wildman–Crippen MR) is 314 cm³/mol. The minimum atomic E-state index is 1.07. The van der Waals surface area contributed by atoms with Crippen molar-refractivity contribution < 1.29 is 0 Å². The van der Waals surface area contributed by atoms with Crippen molar-refractivity contribution in [1.82, 2.24) is 4.57 Å². The van der Waals surface area contributed by atoms with E-state index < -0.39 is 0 Å². The van der Waals surface area contributed by atoms with Crippen LogP contribution < -0.4 is 4.90 Å². The number of fused-ring (bicyclic) bond motifs is 3. The number of rotatable bonds is 11.